The first-order valence-corrected chi connectivity index (χ1v) is 7.93. The number of methoxy groups -OCH3 is 1. The van der Waals surface area contributed by atoms with Gasteiger partial charge in [0.1, 0.15) is 11.3 Å². The molecule has 0 aliphatic heterocycles. The first-order valence-electron chi connectivity index (χ1n) is 6.20. The van der Waals surface area contributed by atoms with E-state index in [1.165, 1.54) is 25.3 Å². The van der Waals surface area contributed by atoms with Crippen LogP contribution in [0.2, 0.25) is 0 Å². The molecule has 116 valence electrons. The van der Waals surface area contributed by atoms with Gasteiger partial charge in [0, 0.05) is 41.1 Å². The number of carbonyl (C=O) groups excluding carboxylic acids is 1. The number of rotatable bonds is 7. The Hall–Kier alpha value is -2.09. The topological polar surface area (TPSA) is 105 Å². The van der Waals surface area contributed by atoms with Crippen molar-refractivity contribution in [2.24, 2.45) is 0 Å². The molecule has 1 rings (SSSR count). The van der Waals surface area contributed by atoms with Gasteiger partial charge in [-0.15, -0.1) is 0 Å². The van der Waals surface area contributed by atoms with Crippen LogP contribution >= 0.6 is 0 Å². The molecule has 0 radical (unpaired) electrons. The standard InChI is InChI=1S/C13H18N2O5S/c1-20-11-8-9(4-5-10(11)12(16)17)15-13(18)14-6-3-7-21(2)19/h4-5,8H,3,6-7H2,1-2H3,(H,16,17)(H2,14,15,18). The first kappa shape index (κ1) is 17.0. The Balaban J connectivity index is 2.56. The quantitative estimate of drug-likeness (QED) is 0.658. The summed E-state index contributed by atoms with van der Waals surface area (Å²) in [5, 5.41) is 14.1. The SMILES string of the molecule is COc1cc(NC(=O)NCCCS(C)=O)ccc1C(=O)O. The van der Waals surface area contributed by atoms with Crippen LogP contribution in [0.1, 0.15) is 16.8 Å². The zero-order valence-electron chi connectivity index (χ0n) is 11.8. The van der Waals surface area contributed by atoms with Crippen LogP contribution in [0, 0.1) is 0 Å². The molecule has 0 aliphatic carbocycles. The third-order valence-corrected chi connectivity index (χ3v) is 3.45. The van der Waals surface area contributed by atoms with Gasteiger partial charge in [-0.3, -0.25) is 4.21 Å². The van der Waals surface area contributed by atoms with Gasteiger partial charge in [-0.05, 0) is 18.6 Å². The van der Waals surface area contributed by atoms with E-state index >= 15 is 0 Å². The van der Waals surface area contributed by atoms with Crippen molar-refractivity contribution < 1.29 is 23.6 Å². The zero-order chi connectivity index (χ0) is 15.8. The molecule has 1 aromatic carbocycles. The van der Waals surface area contributed by atoms with Gasteiger partial charge in [0.05, 0.1) is 7.11 Å². The molecule has 0 saturated carbocycles. The lowest BCUT2D eigenvalue weighted by atomic mass is 10.2. The molecule has 7 nitrogen and oxygen atoms in total. The molecule has 0 spiro atoms. The molecular weight excluding hydrogens is 296 g/mol. The second kappa shape index (κ2) is 8.25. The largest absolute Gasteiger partial charge is 0.496 e. The number of anilines is 1. The number of urea groups is 1. The zero-order valence-corrected chi connectivity index (χ0v) is 12.7. The third-order valence-electron chi connectivity index (χ3n) is 2.58. The van der Waals surface area contributed by atoms with Gasteiger partial charge >= 0.3 is 12.0 Å². The number of amides is 2. The lowest BCUT2D eigenvalue weighted by molar-refractivity contribution is 0.0693. The summed E-state index contributed by atoms with van der Waals surface area (Å²) < 4.78 is 15.8. The predicted molar refractivity (Wildman–Crippen MR) is 80.5 cm³/mol. The van der Waals surface area contributed by atoms with Crippen molar-refractivity contribution in [3.8, 4) is 5.75 Å². The Morgan fingerprint density at radius 1 is 1.38 bits per heavy atom. The van der Waals surface area contributed by atoms with Crippen LogP contribution in [0.4, 0.5) is 10.5 Å². The number of carbonyl (C=O) groups is 2. The number of hydrogen-bond acceptors (Lipinski definition) is 4. The van der Waals surface area contributed by atoms with E-state index < -0.39 is 22.8 Å². The van der Waals surface area contributed by atoms with E-state index in [4.69, 9.17) is 9.84 Å². The highest BCUT2D eigenvalue weighted by molar-refractivity contribution is 7.84. The fourth-order valence-electron chi connectivity index (χ4n) is 1.60. The van der Waals surface area contributed by atoms with Crippen molar-refractivity contribution in [1.29, 1.82) is 0 Å². The Bertz CT molecular complexity index is 547. The molecular formula is C13H18N2O5S. The van der Waals surface area contributed by atoms with Gasteiger partial charge in [0.15, 0.2) is 0 Å². The number of aromatic carboxylic acids is 1. The molecule has 0 heterocycles. The highest BCUT2D eigenvalue weighted by atomic mass is 32.2. The molecule has 21 heavy (non-hydrogen) atoms. The van der Waals surface area contributed by atoms with Gasteiger partial charge in [-0.1, -0.05) is 0 Å². The summed E-state index contributed by atoms with van der Waals surface area (Å²) in [4.78, 5) is 22.6. The van der Waals surface area contributed by atoms with Crippen molar-refractivity contribution in [3.63, 3.8) is 0 Å². The van der Waals surface area contributed by atoms with Crippen LogP contribution in [0.25, 0.3) is 0 Å². The summed E-state index contributed by atoms with van der Waals surface area (Å²) in [5.41, 5.74) is 0.447. The summed E-state index contributed by atoms with van der Waals surface area (Å²) in [7, 11) is 0.484. The summed E-state index contributed by atoms with van der Waals surface area (Å²) in [6, 6.07) is 3.86. The Morgan fingerprint density at radius 2 is 2.10 bits per heavy atom. The monoisotopic (exact) mass is 314 g/mol. The number of benzene rings is 1. The van der Waals surface area contributed by atoms with Crippen molar-refractivity contribution >= 4 is 28.5 Å². The molecule has 1 unspecified atom stereocenters. The predicted octanol–water partition coefficient (Wildman–Crippen LogP) is 1.28. The normalized spacial score (nSPS) is 11.5. The second-order valence-electron chi connectivity index (χ2n) is 4.23. The average Bonchev–Trinajstić information content (AvgIpc) is 2.43. The van der Waals surface area contributed by atoms with Crippen LogP contribution in [0.3, 0.4) is 0 Å². The van der Waals surface area contributed by atoms with Crippen LogP contribution < -0.4 is 15.4 Å². The van der Waals surface area contributed by atoms with E-state index in [9.17, 15) is 13.8 Å². The fourth-order valence-corrected chi connectivity index (χ4v) is 2.15. The van der Waals surface area contributed by atoms with Gasteiger partial charge in [-0.2, -0.15) is 0 Å². The molecule has 0 fully saturated rings. The Labute approximate surface area is 125 Å². The minimum Gasteiger partial charge on any atom is -0.496 e. The number of nitrogens with one attached hydrogen (secondary N) is 2. The molecule has 1 atom stereocenters. The number of hydrogen-bond donors (Lipinski definition) is 3. The van der Waals surface area contributed by atoms with Crippen LogP contribution in [0.5, 0.6) is 5.75 Å². The van der Waals surface area contributed by atoms with Gasteiger partial charge in [0.25, 0.3) is 0 Å². The van der Waals surface area contributed by atoms with Crippen molar-refractivity contribution in [2.45, 2.75) is 6.42 Å². The maximum atomic E-state index is 11.6. The van der Waals surface area contributed by atoms with Crippen LogP contribution in [0.15, 0.2) is 18.2 Å². The van der Waals surface area contributed by atoms with Crippen LogP contribution in [-0.2, 0) is 10.8 Å². The van der Waals surface area contributed by atoms with Crippen molar-refractivity contribution in [1.82, 2.24) is 5.32 Å². The summed E-state index contributed by atoms with van der Waals surface area (Å²) in [5.74, 6) is -0.404. The average molecular weight is 314 g/mol. The number of carboxylic acid groups (broad SMARTS) is 1. The highest BCUT2D eigenvalue weighted by Gasteiger charge is 2.12. The van der Waals surface area contributed by atoms with E-state index in [0.717, 1.165) is 0 Å². The summed E-state index contributed by atoms with van der Waals surface area (Å²) in [6.07, 6.45) is 2.23. The van der Waals surface area contributed by atoms with Gasteiger partial charge in [0.2, 0.25) is 0 Å². The minimum absolute atomic E-state index is 0.0221. The number of ether oxygens (including phenoxy) is 1. The molecule has 1 aromatic rings. The molecule has 0 saturated heterocycles. The number of carboxylic acids is 1. The molecule has 3 N–H and O–H groups in total. The van der Waals surface area contributed by atoms with Crippen molar-refractivity contribution in [3.05, 3.63) is 23.8 Å². The minimum atomic E-state index is -1.10. The van der Waals surface area contributed by atoms with E-state index in [1.54, 1.807) is 6.26 Å². The van der Waals surface area contributed by atoms with E-state index in [2.05, 4.69) is 10.6 Å². The molecule has 0 aliphatic rings. The maximum Gasteiger partial charge on any atom is 0.339 e. The fraction of sp³-hybridized carbons (Fsp3) is 0.385. The van der Waals surface area contributed by atoms with Crippen LogP contribution in [-0.4, -0.2) is 47.0 Å². The van der Waals surface area contributed by atoms with Crippen molar-refractivity contribution in [2.75, 3.05) is 31.0 Å². The Morgan fingerprint density at radius 3 is 2.67 bits per heavy atom. The van der Waals surface area contributed by atoms with Gasteiger partial charge in [-0.25, -0.2) is 9.59 Å². The lowest BCUT2D eigenvalue weighted by Gasteiger charge is -2.10. The lowest BCUT2D eigenvalue weighted by Crippen LogP contribution is -2.30. The molecule has 0 aromatic heterocycles. The first-order chi connectivity index (χ1) is 9.93. The second-order valence-corrected chi connectivity index (χ2v) is 5.79. The smallest absolute Gasteiger partial charge is 0.339 e. The highest BCUT2D eigenvalue weighted by Crippen LogP contribution is 2.23. The van der Waals surface area contributed by atoms with Gasteiger partial charge < -0.3 is 20.5 Å². The van der Waals surface area contributed by atoms with E-state index in [0.29, 0.717) is 24.4 Å². The summed E-state index contributed by atoms with van der Waals surface area (Å²) >= 11 is 0. The molecule has 0 bridgehead atoms. The van der Waals surface area contributed by atoms with E-state index in [1.807, 2.05) is 0 Å². The molecule has 8 heteroatoms. The Kier molecular flexibility index (Phi) is 6.67. The molecule has 2 amide bonds. The third kappa shape index (κ3) is 5.82. The summed E-state index contributed by atoms with van der Waals surface area (Å²) in [6.45, 7) is 0.412. The maximum absolute atomic E-state index is 11.6. The van der Waals surface area contributed by atoms with E-state index in [-0.39, 0.29) is 11.3 Å².